The summed E-state index contributed by atoms with van der Waals surface area (Å²) in [6.45, 7) is 2.85. The Kier molecular flexibility index (Phi) is 2.02. The second kappa shape index (κ2) is 3.18. The van der Waals surface area contributed by atoms with Crippen molar-refractivity contribution in [2.75, 3.05) is 0 Å². The quantitative estimate of drug-likeness (QED) is 0.726. The third kappa shape index (κ3) is 1.42. The van der Waals surface area contributed by atoms with E-state index in [9.17, 15) is 0 Å². The van der Waals surface area contributed by atoms with Gasteiger partial charge in [-0.25, -0.2) is 0 Å². The van der Waals surface area contributed by atoms with Crippen molar-refractivity contribution < 1.29 is 0 Å². The van der Waals surface area contributed by atoms with Gasteiger partial charge in [0, 0.05) is 12.7 Å². The molecule has 0 aliphatic heterocycles. The molecule has 5 nitrogen and oxygen atoms in total. The minimum Gasteiger partial charge on any atom is -0.271 e. The van der Waals surface area contributed by atoms with Gasteiger partial charge in [0.2, 0.25) is 5.28 Å². The van der Waals surface area contributed by atoms with E-state index in [1.54, 1.807) is 17.1 Å². The molecule has 0 fully saturated rings. The van der Waals surface area contributed by atoms with Crippen LogP contribution in [0.1, 0.15) is 6.92 Å². The molecule has 0 aliphatic carbocycles. The summed E-state index contributed by atoms with van der Waals surface area (Å²) >= 11 is 5.78. The topological polar surface area (TPSA) is 48.5 Å². The summed E-state index contributed by atoms with van der Waals surface area (Å²) in [5.41, 5.74) is 0.872. The molecule has 0 saturated heterocycles. The fraction of sp³-hybridized carbons (Fsp3) is 0.286. The zero-order chi connectivity index (χ0) is 9.26. The van der Waals surface area contributed by atoms with Crippen LogP contribution in [0.4, 0.5) is 0 Å². The van der Waals surface area contributed by atoms with E-state index in [-0.39, 0.29) is 0 Å². The smallest absolute Gasteiger partial charge is 0.229 e. The van der Waals surface area contributed by atoms with Crippen molar-refractivity contribution in [2.45, 2.75) is 13.5 Å². The van der Waals surface area contributed by atoms with Crippen molar-refractivity contribution in [3.8, 4) is 5.69 Å². The van der Waals surface area contributed by atoms with E-state index in [4.69, 9.17) is 11.6 Å². The first-order valence-corrected chi connectivity index (χ1v) is 4.27. The Bertz CT molecular complexity index is 404. The molecule has 0 atom stereocenters. The van der Waals surface area contributed by atoms with Crippen molar-refractivity contribution in [3.63, 3.8) is 0 Å². The lowest BCUT2D eigenvalue weighted by molar-refractivity contribution is 0.659. The zero-order valence-electron chi connectivity index (χ0n) is 7.05. The highest BCUT2D eigenvalue weighted by Gasteiger charge is 2.04. The Morgan fingerprint density at radius 1 is 1.54 bits per heavy atom. The van der Waals surface area contributed by atoms with Crippen molar-refractivity contribution in [2.24, 2.45) is 0 Å². The van der Waals surface area contributed by atoms with E-state index in [2.05, 4.69) is 15.3 Å². The maximum absolute atomic E-state index is 5.78. The molecule has 0 N–H and O–H groups in total. The number of nitrogens with zero attached hydrogens (tertiary/aromatic N) is 5. The third-order valence-corrected chi connectivity index (χ3v) is 1.99. The normalized spacial score (nSPS) is 10.6. The molecule has 6 heteroatoms. The van der Waals surface area contributed by atoms with Gasteiger partial charge in [-0.05, 0) is 18.5 Å². The molecule has 68 valence electrons. The lowest BCUT2D eigenvalue weighted by Crippen LogP contribution is -1.93. The van der Waals surface area contributed by atoms with E-state index < -0.39 is 0 Å². The Balaban J connectivity index is 2.41. The summed E-state index contributed by atoms with van der Waals surface area (Å²) in [5.74, 6) is 0. The number of aryl methyl sites for hydroxylation is 1. The van der Waals surface area contributed by atoms with Gasteiger partial charge in [0.25, 0.3) is 0 Å². The lowest BCUT2D eigenvalue weighted by Gasteiger charge is -1.95. The van der Waals surface area contributed by atoms with Crippen LogP contribution in [0.15, 0.2) is 18.7 Å². The van der Waals surface area contributed by atoms with Crippen molar-refractivity contribution in [3.05, 3.63) is 24.0 Å². The minimum atomic E-state index is 0.343. The molecule has 0 aromatic carbocycles. The van der Waals surface area contributed by atoms with Gasteiger partial charge < -0.3 is 0 Å². The van der Waals surface area contributed by atoms with Crippen LogP contribution in [0.2, 0.25) is 5.28 Å². The second-order valence-corrected chi connectivity index (χ2v) is 2.86. The number of hydrogen-bond acceptors (Lipinski definition) is 3. The Hall–Kier alpha value is -1.36. The molecule has 13 heavy (non-hydrogen) atoms. The Morgan fingerprint density at radius 3 is 2.92 bits per heavy atom. The molecule has 0 unspecified atom stereocenters. The second-order valence-electron chi connectivity index (χ2n) is 2.52. The highest BCUT2D eigenvalue weighted by atomic mass is 35.5. The van der Waals surface area contributed by atoms with Gasteiger partial charge in [0.05, 0.1) is 11.9 Å². The largest absolute Gasteiger partial charge is 0.271 e. The first-order valence-electron chi connectivity index (χ1n) is 3.89. The molecule has 0 radical (unpaired) electrons. The molecule has 2 rings (SSSR count). The summed E-state index contributed by atoms with van der Waals surface area (Å²) < 4.78 is 3.48. The maximum Gasteiger partial charge on any atom is 0.229 e. The van der Waals surface area contributed by atoms with Gasteiger partial charge in [-0.15, -0.1) is 10.2 Å². The van der Waals surface area contributed by atoms with Crippen LogP contribution in [-0.2, 0) is 6.54 Å². The van der Waals surface area contributed by atoms with Crippen molar-refractivity contribution in [1.82, 2.24) is 24.5 Å². The van der Waals surface area contributed by atoms with Gasteiger partial charge in [-0.2, -0.15) is 5.10 Å². The van der Waals surface area contributed by atoms with E-state index in [0.717, 1.165) is 12.2 Å². The zero-order valence-corrected chi connectivity index (χ0v) is 7.81. The molecule has 0 spiro atoms. The van der Waals surface area contributed by atoms with E-state index >= 15 is 0 Å². The van der Waals surface area contributed by atoms with Crippen molar-refractivity contribution >= 4 is 11.6 Å². The van der Waals surface area contributed by atoms with Gasteiger partial charge in [0.1, 0.15) is 6.33 Å². The number of rotatable bonds is 2. The summed E-state index contributed by atoms with van der Waals surface area (Å²) in [7, 11) is 0. The van der Waals surface area contributed by atoms with Crippen LogP contribution in [-0.4, -0.2) is 24.5 Å². The molecule has 0 amide bonds. The molecular weight excluding hydrogens is 190 g/mol. The predicted octanol–water partition coefficient (Wildman–Crippen LogP) is 1.14. The van der Waals surface area contributed by atoms with Crippen LogP contribution >= 0.6 is 11.6 Å². The number of halogens is 1. The monoisotopic (exact) mass is 197 g/mol. The lowest BCUT2D eigenvalue weighted by atomic mass is 10.5. The van der Waals surface area contributed by atoms with Crippen LogP contribution in [0.5, 0.6) is 0 Å². The van der Waals surface area contributed by atoms with E-state index in [1.165, 1.54) is 0 Å². The molecule has 2 aromatic rings. The Morgan fingerprint density at radius 2 is 2.38 bits per heavy atom. The standard InChI is InChI=1S/C7H8ClN5/c1-2-12-4-6(3-10-12)13-5-9-11-7(13)8/h3-5H,2H2,1H3. The van der Waals surface area contributed by atoms with Gasteiger partial charge in [-0.1, -0.05) is 0 Å². The summed E-state index contributed by atoms with van der Waals surface area (Å²) in [4.78, 5) is 0. The van der Waals surface area contributed by atoms with Crippen LogP contribution in [0.3, 0.4) is 0 Å². The van der Waals surface area contributed by atoms with Crippen molar-refractivity contribution in [1.29, 1.82) is 0 Å². The Labute approximate surface area is 80.0 Å². The molecule has 0 bridgehead atoms. The average molecular weight is 198 g/mol. The fourth-order valence-corrected chi connectivity index (χ4v) is 1.23. The maximum atomic E-state index is 5.78. The first-order chi connectivity index (χ1) is 6.31. The van der Waals surface area contributed by atoms with E-state index in [1.807, 2.05) is 17.8 Å². The minimum absolute atomic E-state index is 0.343. The van der Waals surface area contributed by atoms with Crippen LogP contribution in [0, 0.1) is 0 Å². The average Bonchev–Trinajstić information content (AvgIpc) is 2.71. The third-order valence-electron chi connectivity index (χ3n) is 1.73. The SMILES string of the molecule is CCn1cc(-n2cnnc2Cl)cn1. The fourth-order valence-electron chi connectivity index (χ4n) is 1.04. The van der Waals surface area contributed by atoms with E-state index in [0.29, 0.717) is 5.28 Å². The van der Waals surface area contributed by atoms with Crippen LogP contribution in [0.25, 0.3) is 5.69 Å². The van der Waals surface area contributed by atoms with Gasteiger partial charge in [-0.3, -0.25) is 9.25 Å². The summed E-state index contributed by atoms with van der Waals surface area (Å²) in [5, 5.41) is 11.8. The predicted molar refractivity (Wildman–Crippen MR) is 47.8 cm³/mol. The summed E-state index contributed by atoms with van der Waals surface area (Å²) in [6, 6.07) is 0. The number of aromatic nitrogens is 5. The molecule has 2 aromatic heterocycles. The molecule has 0 aliphatic rings. The molecular formula is C7H8ClN5. The molecule has 2 heterocycles. The van der Waals surface area contributed by atoms with Crippen LogP contribution < -0.4 is 0 Å². The number of hydrogen-bond donors (Lipinski definition) is 0. The molecule has 0 saturated carbocycles. The van der Waals surface area contributed by atoms with Gasteiger partial charge in [0.15, 0.2) is 0 Å². The van der Waals surface area contributed by atoms with Gasteiger partial charge >= 0.3 is 0 Å². The first kappa shape index (κ1) is 8.25. The summed E-state index contributed by atoms with van der Waals surface area (Å²) in [6.07, 6.45) is 5.16. The highest BCUT2D eigenvalue weighted by molar-refractivity contribution is 6.28. The highest BCUT2D eigenvalue weighted by Crippen LogP contribution is 2.11.